The summed E-state index contributed by atoms with van der Waals surface area (Å²) in [7, 11) is 0. The molecule has 2 aromatic rings. The molecule has 1 amide bonds. The van der Waals surface area contributed by atoms with Gasteiger partial charge in [-0.15, -0.1) is 10.2 Å². The summed E-state index contributed by atoms with van der Waals surface area (Å²) >= 11 is 13.1. The van der Waals surface area contributed by atoms with Gasteiger partial charge in [0.2, 0.25) is 5.91 Å². The lowest BCUT2D eigenvalue weighted by atomic mass is 10.2. The Kier molecular flexibility index (Phi) is 5.65. The van der Waals surface area contributed by atoms with Crippen LogP contribution in [0.4, 0.5) is 5.69 Å². The van der Waals surface area contributed by atoms with Gasteiger partial charge in [-0.25, -0.2) is 0 Å². The van der Waals surface area contributed by atoms with Crippen LogP contribution in [-0.2, 0) is 4.79 Å². The van der Waals surface area contributed by atoms with E-state index in [2.05, 4.69) is 15.5 Å². The number of nitrogens with zero attached hydrogens (tertiary/aromatic N) is 2. The van der Waals surface area contributed by atoms with Crippen LogP contribution in [0.5, 0.6) is 11.5 Å². The fourth-order valence-electron chi connectivity index (χ4n) is 1.99. The highest BCUT2D eigenvalue weighted by Crippen LogP contribution is 2.37. The molecule has 3 rings (SSSR count). The minimum absolute atomic E-state index is 0.168. The predicted molar refractivity (Wildman–Crippen MR) is 93.5 cm³/mol. The first kappa shape index (κ1) is 17.1. The highest BCUT2D eigenvalue weighted by atomic mass is 35.5. The normalized spacial score (nSPS) is 13.2. The average Bonchev–Trinajstić information content (AvgIpc) is 2.79. The summed E-state index contributed by atoms with van der Waals surface area (Å²) in [4.78, 5) is 12.1. The van der Waals surface area contributed by atoms with Crippen LogP contribution < -0.4 is 14.8 Å². The topological polar surface area (TPSA) is 73.3 Å². The molecule has 1 aliphatic rings. The number of carbonyl (C=O) groups excluding carboxylic acids is 1. The van der Waals surface area contributed by atoms with Crippen LogP contribution in [0.15, 0.2) is 29.3 Å². The Morgan fingerprint density at radius 1 is 1.17 bits per heavy atom. The van der Waals surface area contributed by atoms with Gasteiger partial charge in [0.05, 0.1) is 29.7 Å². The zero-order valence-corrected chi connectivity index (χ0v) is 14.7. The van der Waals surface area contributed by atoms with Crippen LogP contribution in [0.2, 0.25) is 10.2 Å². The number of rotatable bonds is 4. The first-order valence-electron chi connectivity index (χ1n) is 7.13. The minimum atomic E-state index is -0.215. The summed E-state index contributed by atoms with van der Waals surface area (Å²) in [6.07, 6.45) is 0.798. The number of benzene rings is 1. The van der Waals surface area contributed by atoms with Crippen molar-refractivity contribution in [3.8, 4) is 11.5 Å². The van der Waals surface area contributed by atoms with E-state index in [1.807, 2.05) is 0 Å². The van der Waals surface area contributed by atoms with Crippen LogP contribution in [0.3, 0.4) is 0 Å². The number of ether oxygens (including phenoxy) is 2. The van der Waals surface area contributed by atoms with Crippen molar-refractivity contribution in [2.24, 2.45) is 0 Å². The summed E-state index contributed by atoms with van der Waals surface area (Å²) in [6, 6.07) is 6.65. The van der Waals surface area contributed by atoms with Gasteiger partial charge in [0, 0.05) is 18.6 Å². The SMILES string of the molecule is O=C(CSc1ccc(Cl)nn1)Nc1cc2c(cc1Cl)OCCCO2. The summed E-state index contributed by atoms with van der Waals surface area (Å²) < 4.78 is 11.1. The summed E-state index contributed by atoms with van der Waals surface area (Å²) in [6.45, 7) is 1.14. The molecule has 0 spiro atoms. The van der Waals surface area contributed by atoms with E-state index in [1.54, 1.807) is 24.3 Å². The van der Waals surface area contributed by atoms with E-state index in [-0.39, 0.29) is 11.7 Å². The van der Waals surface area contributed by atoms with Crippen LogP contribution in [-0.4, -0.2) is 35.1 Å². The van der Waals surface area contributed by atoms with Gasteiger partial charge < -0.3 is 14.8 Å². The number of fused-ring (bicyclic) bond motifs is 1. The van der Waals surface area contributed by atoms with Gasteiger partial charge in [-0.1, -0.05) is 35.0 Å². The molecule has 0 bridgehead atoms. The fraction of sp³-hybridized carbons (Fsp3) is 0.267. The van der Waals surface area contributed by atoms with E-state index in [1.165, 1.54) is 11.8 Å². The monoisotopic (exact) mass is 385 g/mol. The van der Waals surface area contributed by atoms with Gasteiger partial charge in [0.25, 0.3) is 0 Å². The number of thioether (sulfide) groups is 1. The number of hydrogen-bond acceptors (Lipinski definition) is 6. The van der Waals surface area contributed by atoms with E-state index in [9.17, 15) is 4.79 Å². The molecule has 1 N–H and O–H groups in total. The van der Waals surface area contributed by atoms with Crippen molar-refractivity contribution in [1.29, 1.82) is 0 Å². The van der Waals surface area contributed by atoms with Crippen LogP contribution >= 0.6 is 35.0 Å². The number of halogens is 2. The lowest BCUT2D eigenvalue weighted by Gasteiger charge is -2.12. The van der Waals surface area contributed by atoms with Crippen molar-refractivity contribution in [2.45, 2.75) is 11.4 Å². The molecule has 1 aromatic heterocycles. The third kappa shape index (κ3) is 4.43. The summed E-state index contributed by atoms with van der Waals surface area (Å²) in [5.41, 5.74) is 0.480. The lowest BCUT2D eigenvalue weighted by Crippen LogP contribution is -2.14. The van der Waals surface area contributed by atoms with Crippen molar-refractivity contribution >= 4 is 46.6 Å². The zero-order chi connectivity index (χ0) is 16.9. The van der Waals surface area contributed by atoms with Crippen molar-refractivity contribution in [1.82, 2.24) is 10.2 Å². The predicted octanol–water partition coefficient (Wildman–Crippen LogP) is 3.68. The molecule has 0 radical (unpaired) electrons. The quantitative estimate of drug-likeness (QED) is 0.809. The molecule has 1 aromatic carbocycles. The Bertz CT molecular complexity index is 743. The van der Waals surface area contributed by atoms with Crippen molar-refractivity contribution < 1.29 is 14.3 Å². The van der Waals surface area contributed by atoms with Gasteiger partial charge in [-0.2, -0.15) is 0 Å². The molecule has 0 saturated carbocycles. The second kappa shape index (κ2) is 7.92. The Morgan fingerprint density at radius 2 is 1.92 bits per heavy atom. The first-order chi connectivity index (χ1) is 11.6. The molecule has 1 aliphatic heterocycles. The molecule has 9 heteroatoms. The van der Waals surface area contributed by atoms with Gasteiger partial charge >= 0.3 is 0 Å². The largest absolute Gasteiger partial charge is 0.490 e. The molecular formula is C15H13Cl2N3O3S. The van der Waals surface area contributed by atoms with Crippen LogP contribution in [0.1, 0.15) is 6.42 Å². The maximum absolute atomic E-state index is 12.1. The molecule has 0 saturated heterocycles. The molecule has 0 unspecified atom stereocenters. The molecule has 0 aliphatic carbocycles. The maximum atomic E-state index is 12.1. The number of carbonyl (C=O) groups is 1. The Hall–Kier alpha value is -1.70. The zero-order valence-electron chi connectivity index (χ0n) is 12.4. The van der Waals surface area contributed by atoms with Gasteiger partial charge in [0.1, 0.15) is 5.03 Å². The van der Waals surface area contributed by atoms with E-state index in [0.29, 0.717) is 45.6 Å². The minimum Gasteiger partial charge on any atom is -0.490 e. The number of anilines is 1. The molecular weight excluding hydrogens is 373 g/mol. The van der Waals surface area contributed by atoms with Gasteiger partial charge in [0.15, 0.2) is 16.7 Å². The number of amides is 1. The third-order valence-electron chi connectivity index (χ3n) is 3.07. The molecule has 6 nitrogen and oxygen atoms in total. The third-order valence-corrected chi connectivity index (χ3v) is 4.50. The smallest absolute Gasteiger partial charge is 0.234 e. The van der Waals surface area contributed by atoms with Gasteiger partial charge in [-0.3, -0.25) is 4.79 Å². The lowest BCUT2D eigenvalue weighted by molar-refractivity contribution is -0.113. The molecule has 0 atom stereocenters. The van der Waals surface area contributed by atoms with E-state index < -0.39 is 0 Å². The van der Waals surface area contributed by atoms with Gasteiger partial charge in [-0.05, 0) is 12.1 Å². The maximum Gasteiger partial charge on any atom is 0.234 e. The molecule has 2 heterocycles. The van der Waals surface area contributed by atoms with E-state index in [0.717, 1.165) is 6.42 Å². The first-order valence-corrected chi connectivity index (χ1v) is 8.87. The number of hydrogen-bond donors (Lipinski definition) is 1. The van der Waals surface area contributed by atoms with Crippen LogP contribution in [0.25, 0.3) is 0 Å². The molecule has 0 fully saturated rings. The summed E-state index contributed by atoms with van der Waals surface area (Å²) in [5, 5.41) is 11.7. The Morgan fingerprint density at radius 3 is 2.62 bits per heavy atom. The average molecular weight is 386 g/mol. The Balaban J connectivity index is 1.63. The second-order valence-electron chi connectivity index (χ2n) is 4.86. The van der Waals surface area contributed by atoms with Crippen molar-refractivity contribution in [2.75, 3.05) is 24.3 Å². The highest BCUT2D eigenvalue weighted by molar-refractivity contribution is 7.99. The fourth-order valence-corrected chi connectivity index (χ4v) is 2.90. The number of aromatic nitrogens is 2. The van der Waals surface area contributed by atoms with E-state index >= 15 is 0 Å². The molecule has 126 valence electrons. The molecule has 24 heavy (non-hydrogen) atoms. The van der Waals surface area contributed by atoms with Crippen LogP contribution in [0, 0.1) is 0 Å². The number of nitrogens with one attached hydrogen (secondary N) is 1. The second-order valence-corrected chi connectivity index (χ2v) is 6.65. The van der Waals surface area contributed by atoms with E-state index in [4.69, 9.17) is 32.7 Å². The van der Waals surface area contributed by atoms with Crippen molar-refractivity contribution in [3.63, 3.8) is 0 Å². The van der Waals surface area contributed by atoms with Crippen molar-refractivity contribution in [3.05, 3.63) is 34.4 Å². The standard InChI is InChI=1S/C15H13Cl2N3O3S/c16-9-6-11-12(23-5-1-4-22-11)7-10(9)18-14(21)8-24-15-3-2-13(17)19-20-15/h2-3,6-7H,1,4-5,8H2,(H,18,21). The Labute approximate surface area is 152 Å². The summed E-state index contributed by atoms with van der Waals surface area (Å²) in [5.74, 6) is 1.11. The highest BCUT2D eigenvalue weighted by Gasteiger charge is 2.15.